The Morgan fingerprint density at radius 3 is 2.57 bits per heavy atom. The molecule has 0 saturated carbocycles. The highest BCUT2D eigenvalue weighted by Crippen LogP contribution is 2.34. The van der Waals surface area contributed by atoms with Crippen LogP contribution in [0.1, 0.15) is 30.0 Å². The van der Waals surface area contributed by atoms with Crippen molar-refractivity contribution in [1.29, 1.82) is 0 Å². The second kappa shape index (κ2) is 5.53. The first kappa shape index (κ1) is 14.1. The fourth-order valence-corrected chi connectivity index (χ4v) is 3.85. The second-order valence-corrected chi connectivity index (χ2v) is 7.54. The third kappa shape index (κ3) is 2.95. The van der Waals surface area contributed by atoms with Crippen molar-refractivity contribution < 1.29 is 8.42 Å². The van der Waals surface area contributed by atoms with Gasteiger partial charge in [0, 0.05) is 6.26 Å². The van der Waals surface area contributed by atoms with Crippen LogP contribution in [0.3, 0.4) is 0 Å². The Morgan fingerprint density at radius 2 is 1.76 bits per heavy atom. The minimum atomic E-state index is -3.22. The molecule has 1 aliphatic carbocycles. The second-order valence-electron chi connectivity index (χ2n) is 5.56. The Hall–Kier alpha value is -1.81. The van der Waals surface area contributed by atoms with Crippen molar-refractivity contribution in [1.82, 2.24) is 0 Å². The van der Waals surface area contributed by atoms with Crippen molar-refractivity contribution in [3.63, 3.8) is 0 Å². The first-order valence-corrected chi connectivity index (χ1v) is 9.08. The summed E-state index contributed by atoms with van der Waals surface area (Å²) in [7, 11) is -3.22. The maximum absolute atomic E-state index is 11.9. The molecule has 1 N–H and O–H groups in total. The van der Waals surface area contributed by atoms with Gasteiger partial charge in [0.25, 0.3) is 0 Å². The van der Waals surface area contributed by atoms with E-state index in [1.54, 1.807) is 12.1 Å². The van der Waals surface area contributed by atoms with Gasteiger partial charge in [0.1, 0.15) is 0 Å². The monoisotopic (exact) mass is 301 g/mol. The van der Waals surface area contributed by atoms with Crippen molar-refractivity contribution >= 4 is 15.5 Å². The number of hydrogen-bond donors (Lipinski definition) is 1. The zero-order valence-corrected chi connectivity index (χ0v) is 12.9. The molecule has 1 unspecified atom stereocenters. The lowest BCUT2D eigenvalue weighted by atomic mass is 9.87. The summed E-state index contributed by atoms with van der Waals surface area (Å²) in [5.74, 6) is 0. The number of sulfone groups is 1. The van der Waals surface area contributed by atoms with Gasteiger partial charge in [0.15, 0.2) is 9.84 Å². The summed E-state index contributed by atoms with van der Waals surface area (Å²) >= 11 is 0. The summed E-state index contributed by atoms with van der Waals surface area (Å²) in [4.78, 5) is 0.369. The average Bonchev–Trinajstić information content (AvgIpc) is 2.47. The van der Waals surface area contributed by atoms with E-state index < -0.39 is 9.84 Å². The SMILES string of the molecule is CS(=O)(=O)c1ccccc1NC1CCCc2ccccc21. The molecule has 2 aromatic rings. The van der Waals surface area contributed by atoms with Crippen molar-refractivity contribution in [2.45, 2.75) is 30.2 Å². The van der Waals surface area contributed by atoms with Gasteiger partial charge in [-0.2, -0.15) is 0 Å². The maximum atomic E-state index is 11.9. The van der Waals surface area contributed by atoms with Crippen molar-refractivity contribution in [2.75, 3.05) is 11.6 Å². The fourth-order valence-electron chi connectivity index (χ4n) is 3.00. The highest BCUT2D eigenvalue weighted by atomic mass is 32.2. The molecule has 0 fully saturated rings. The number of benzene rings is 2. The maximum Gasteiger partial charge on any atom is 0.177 e. The summed E-state index contributed by atoms with van der Waals surface area (Å²) in [6.45, 7) is 0. The van der Waals surface area contributed by atoms with Crippen molar-refractivity contribution in [3.05, 3.63) is 59.7 Å². The van der Waals surface area contributed by atoms with Crippen LogP contribution in [-0.4, -0.2) is 14.7 Å². The minimum Gasteiger partial charge on any atom is -0.377 e. The van der Waals surface area contributed by atoms with Crippen LogP contribution in [0.15, 0.2) is 53.4 Å². The molecule has 3 nitrogen and oxygen atoms in total. The zero-order valence-electron chi connectivity index (χ0n) is 12.0. The Labute approximate surface area is 125 Å². The fraction of sp³-hybridized carbons (Fsp3) is 0.294. The van der Waals surface area contributed by atoms with E-state index >= 15 is 0 Å². The number of aryl methyl sites for hydroxylation is 1. The number of nitrogens with one attached hydrogen (secondary N) is 1. The molecule has 0 aliphatic heterocycles. The molecule has 0 aromatic heterocycles. The molecule has 0 spiro atoms. The number of hydrogen-bond acceptors (Lipinski definition) is 3. The Morgan fingerprint density at radius 1 is 1.05 bits per heavy atom. The molecule has 0 saturated heterocycles. The van der Waals surface area contributed by atoms with Gasteiger partial charge in [-0.3, -0.25) is 0 Å². The summed E-state index contributed by atoms with van der Waals surface area (Å²) in [6.07, 6.45) is 4.50. The number of anilines is 1. The third-order valence-corrected chi connectivity index (χ3v) is 5.14. The van der Waals surface area contributed by atoms with E-state index in [-0.39, 0.29) is 6.04 Å². The molecule has 0 radical (unpaired) electrons. The van der Waals surface area contributed by atoms with Crippen molar-refractivity contribution in [2.24, 2.45) is 0 Å². The molecule has 0 bridgehead atoms. The van der Waals surface area contributed by atoms with E-state index in [2.05, 4.69) is 23.5 Å². The van der Waals surface area contributed by atoms with Gasteiger partial charge >= 0.3 is 0 Å². The van der Waals surface area contributed by atoms with Crippen LogP contribution in [-0.2, 0) is 16.3 Å². The largest absolute Gasteiger partial charge is 0.377 e. The van der Waals surface area contributed by atoms with Crippen LogP contribution >= 0.6 is 0 Å². The van der Waals surface area contributed by atoms with E-state index in [1.807, 2.05) is 18.2 Å². The highest BCUT2D eigenvalue weighted by molar-refractivity contribution is 7.90. The Kier molecular flexibility index (Phi) is 3.72. The lowest BCUT2D eigenvalue weighted by Crippen LogP contribution is -2.18. The van der Waals surface area contributed by atoms with Gasteiger partial charge < -0.3 is 5.32 Å². The lowest BCUT2D eigenvalue weighted by Gasteiger charge is -2.28. The van der Waals surface area contributed by atoms with Gasteiger partial charge in [-0.25, -0.2) is 8.42 Å². The Bertz CT molecular complexity index is 753. The summed E-state index contributed by atoms with van der Waals surface area (Å²) in [5.41, 5.74) is 3.34. The van der Waals surface area contributed by atoms with Gasteiger partial charge in [0.05, 0.1) is 16.6 Å². The van der Waals surface area contributed by atoms with Crippen LogP contribution in [0.2, 0.25) is 0 Å². The van der Waals surface area contributed by atoms with Crippen molar-refractivity contribution in [3.8, 4) is 0 Å². The minimum absolute atomic E-state index is 0.179. The number of para-hydroxylation sites is 1. The molecule has 1 atom stereocenters. The van der Waals surface area contributed by atoms with E-state index in [1.165, 1.54) is 17.4 Å². The molecule has 3 rings (SSSR count). The molecule has 21 heavy (non-hydrogen) atoms. The molecule has 0 heterocycles. The normalized spacial score (nSPS) is 18.0. The van der Waals surface area contributed by atoms with Crippen LogP contribution in [0.5, 0.6) is 0 Å². The average molecular weight is 301 g/mol. The van der Waals surface area contributed by atoms with Gasteiger partial charge in [-0.1, -0.05) is 36.4 Å². The Balaban J connectivity index is 1.96. The lowest BCUT2D eigenvalue weighted by molar-refractivity contribution is 0.594. The highest BCUT2D eigenvalue weighted by Gasteiger charge is 2.21. The van der Waals surface area contributed by atoms with Gasteiger partial charge in [-0.15, -0.1) is 0 Å². The molecule has 0 amide bonds. The van der Waals surface area contributed by atoms with E-state index in [0.29, 0.717) is 10.6 Å². The third-order valence-electron chi connectivity index (χ3n) is 3.99. The summed E-state index contributed by atoms with van der Waals surface area (Å²) in [5, 5.41) is 3.43. The molecule has 110 valence electrons. The van der Waals surface area contributed by atoms with Gasteiger partial charge in [0.2, 0.25) is 0 Å². The number of rotatable bonds is 3. The first-order valence-electron chi connectivity index (χ1n) is 7.19. The molecule has 2 aromatic carbocycles. The van der Waals surface area contributed by atoms with Crippen LogP contribution in [0.25, 0.3) is 0 Å². The van der Waals surface area contributed by atoms with E-state index in [9.17, 15) is 8.42 Å². The standard InChI is InChI=1S/C17H19NO2S/c1-21(19,20)17-12-5-4-10-16(17)18-15-11-6-8-13-7-2-3-9-14(13)15/h2-5,7,9-10,12,15,18H,6,8,11H2,1H3. The van der Waals surface area contributed by atoms with E-state index in [0.717, 1.165) is 19.3 Å². The molecular formula is C17H19NO2S. The zero-order chi connectivity index (χ0) is 14.9. The molecule has 1 aliphatic rings. The molecular weight excluding hydrogens is 282 g/mol. The quantitative estimate of drug-likeness (QED) is 0.942. The van der Waals surface area contributed by atoms with Gasteiger partial charge in [-0.05, 0) is 42.5 Å². The van der Waals surface area contributed by atoms with Crippen LogP contribution in [0.4, 0.5) is 5.69 Å². The first-order chi connectivity index (χ1) is 10.1. The molecule has 4 heteroatoms. The predicted octanol–water partition coefficient (Wildman–Crippen LogP) is 3.58. The summed E-state index contributed by atoms with van der Waals surface area (Å²) < 4.78 is 23.8. The predicted molar refractivity (Wildman–Crippen MR) is 85.3 cm³/mol. The van der Waals surface area contributed by atoms with Crippen LogP contribution < -0.4 is 5.32 Å². The smallest absolute Gasteiger partial charge is 0.177 e. The topological polar surface area (TPSA) is 46.2 Å². The van der Waals surface area contributed by atoms with Crippen LogP contribution in [0, 0.1) is 0 Å². The number of fused-ring (bicyclic) bond motifs is 1. The summed E-state index contributed by atoms with van der Waals surface area (Å²) in [6, 6.07) is 15.7. The van der Waals surface area contributed by atoms with E-state index in [4.69, 9.17) is 0 Å².